The smallest absolute Gasteiger partial charge is 0.337 e. The van der Waals surface area contributed by atoms with Crippen LogP contribution in [0.5, 0.6) is 0 Å². The Balaban J connectivity index is 1.81. The number of esters is 1. The van der Waals surface area contributed by atoms with Gasteiger partial charge in [0, 0.05) is 11.6 Å². The summed E-state index contributed by atoms with van der Waals surface area (Å²) in [4.78, 5) is 11.4. The van der Waals surface area contributed by atoms with Crippen LogP contribution in [0.25, 0.3) is 0 Å². The van der Waals surface area contributed by atoms with Gasteiger partial charge in [0.25, 0.3) is 0 Å². The number of hydrogen-bond donors (Lipinski definition) is 1. The lowest BCUT2D eigenvalue weighted by atomic mass is 10.1. The monoisotopic (exact) mass is 381 g/mol. The summed E-state index contributed by atoms with van der Waals surface area (Å²) < 4.78 is 31.4. The normalized spacial score (nSPS) is 11.3. The Morgan fingerprint density at radius 1 is 1.04 bits per heavy atom. The van der Waals surface area contributed by atoms with Gasteiger partial charge in [-0.2, -0.15) is 0 Å². The molecule has 0 amide bonds. The zero-order valence-electron chi connectivity index (χ0n) is 13.9. The van der Waals surface area contributed by atoms with Crippen molar-refractivity contribution in [1.29, 1.82) is 0 Å². The van der Waals surface area contributed by atoms with Gasteiger partial charge in [-0.25, -0.2) is 17.9 Å². The van der Waals surface area contributed by atoms with Gasteiger partial charge in [-0.15, -0.1) is 0 Å². The first-order valence-electron chi connectivity index (χ1n) is 7.79. The fourth-order valence-electron chi connectivity index (χ4n) is 2.30. The van der Waals surface area contributed by atoms with Crippen LogP contribution in [-0.4, -0.2) is 28.0 Å². The molecule has 0 saturated heterocycles. The summed E-state index contributed by atoms with van der Waals surface area (Å²) in [6, 6.07) is 13.8. The number of methoxy groups -OCH3 is 1. The van der Waals surface area contributed by atoms with Crippen molar-refractivity contribution in [2.24, 2.45) is 0 Å². The Hall–Kier alpha value is -1.89. The van der Waals surface area contributed by atoms with Crippen molar-refractivity contribution in [3.05, 3.63) is 70.2 Å². The molecule has 0 heterocycles. The fourth-order valence-corrected chi connectivity index (χ4v) is 3.61. The van der Waals surface area contributed by atoms with E-state index in [-0.39, 0.29) is 5.75 Å². The summed E-state index contributed by atoms with van der Waals surface area (Å²) in [7, 11) is -2.12. The van der Waals surface area contributed by atoms with Gasteiger partial charge in [0.1, 0.15) is 0 Å². The van der Waals surface area contributed by atoms with E-state index in [9.17, 15) is 13.2 Å². The lowest BCUT2D eigenvalue weighted by Crippen LogP contribution is -2.26. The first-order chi connectivity index (χ1) is 11.9. The van der Waals surface area contributed by atoms with Gasteiger partial charge in [0.15, 0.2) is 0 Å². The van der Waals surface area contributed by atoms with Gasteiger partial charge in [0.2, 0.25) is 10.0 Å². The third kappa shape index (κ3) is 6.49. The van der Waals surface area contributed by atoms with E-state index in [1.807, 2.05) is 24.3 Å². The molecule has 0 bridgehead atoms. The maximum absolute atomic E-state index is 12.1. The van der Waals surface area contributed by atoms with Crippen molar-refractivity contribution in [1.82, 2.24) is 4.72 Å². The Morgan fingerprint density at radius 2 is 1.64 bits per heavy atom. The van der Waals surface area contributed by atoms with Crippen LogP contribution < -0.4 is 4.72 Å². The van der Waals surface area contributed by atoms with Gasteiger partial charge in [-0.3, -0.25) is 0 Å². The number of hydrogen-bond acceptors (Lipinski definition) is 4. The molecule has 0 spiro atoms. The number of benzene rings is 2. The molecule has 0 aromatic heterocycles. The molecule has 0 aliphatic heterocycles. The summed E-state index contributed by atoms with van der Waals surface area (Å²) >= 11 is 5.83. The molecule has 2 aromatic carbocycles. The maximum atomic E-state index is 12.1. The number of carbonyl (C=O) groups excluding carboxylic acids is 1. The van der Waals surface area contributed by atoms with Crippen molar-refractivity contribution >= 4 is 27.6 Å². The molecule has 7 heteroatoms. The maximum Gasteiger partial charge on any atom is 0.337 e. The summed E-state index contributed by atoms with van der Waals surface area (Å²) in [5, 5.41) is 0.683. The molecule has 5 nitrogen and oxygen atoms in total. The summed E-state index contributed by atoms with van der Waals surface area (Å²) in [6.45, 7) is 0.366. The van der Waals surface area contributed by atoms with E-state index in [1.54, 1.807) is 24.3 Å². The van der Waals surface area contributed by atoms with Crippen LogP contribution in [0.15, 0.2) is 48.5 Å². The average Bonchev–Trinajstić information content (AvgIpc) is 2.60. The minimum Gasteiger partial charge on any atom is -0.465 e. The molecular weight excluding hydrogens is 362 g/mol. The Labute approximate surface area is 153 Å². The second-order valence-electron chi connectivity index (χ2n) is 5.57. The second-order valence-corrected chi connectivity index (χ2v) is 7.82. The van der Waals surface area contributed by atoms with Crippen LogP contribution in [0.1, 0.15) is 27.9 Å². The van der Waals surface area contributed by atoms with Gasteiger partial charge < -0.3 is 4.74 Å². The molecule has 1 N–H and O–H groups in total. The molecule has 0 saturated carbocycles. The molecule has 0 fully saturated rings. The van der Waals surface area contributed by atoms with E-state index in [0.717, 1.165) is 12.0 Å². The molecule has 0 unspecified atom stereocenters. The van der Waals surface area contributed by atoms with E-state index < -0.39 is 16.0 Å². The van der Waals surface area contributed by atoms with Crippen molar-refractivity contribution in [2.75, 3.05) is 13.7 Å². The molecular formula is C18H20ClNO4S. The van der Waals surface area contributed by atoms with Crippen LogP contribution in [0.3, 0.4) is 0 Å². The zero-order valence-corrected chi connectivity index (χ0v) is 15.4. The van der Waals surface area contributed by atoms with Gasteiger partial charge in [-0.1, -0.05) is 35.9 Å². The number of ether oxygens (including phenoxy) is 1. The molecule has 0 aliphatic rings. The number of rotatable bonds is 8. The van der Waals surface area contributed by atoms with E-state index >= 15 is 0 Å². The molecule has 2 aromatic rings. The largest absolute Gasteiger partial charge is 0.465 e. The fraction of sp³-hybridized carbons (Fsp3) is 0.278. The SMILES string of the molecule is COC(=O)c1ccc(CS(=O)(=O)NCCCc2ccc(Cl)cc2)cc1. The minimum atomic E-state index is -3.42. The van der Waals surface area contributed by atoms with Crippen molar-refractivity contribution in [3.8, 4) is 0 Å². The lowest BCUT2D eigenvalue weighted by molar-refractivity contribution is 0.0600. The van der Waals surface area contributed by atoms with E-state index in [0.29, 0.717) is 29.1 Å². The first-order valence-corrected chi connectivity index (χ1v) is 9.82. The van der Waals surface area contributed by atoms with E-state index in [2.05, 4.69) is 9.46 Å². The minimum absolute atomic E-state index is 0.130. The third-order valence-electron chi connectivity index (χ3n) is 3.61. The summed E-state index contributed by atoms with van der Waals surface area (Å²) in [5.74, 6) is -0.579. The highest BCUT2D eigenvalue weighted by atomic mass is 35.5. The van der Waals surface area contributed by atoms with Crippen molar-refractivity contribution in [2.45, 2.75) is 18.6 Å². The average molecular weight is 382 g/mol. The number of nitrogens with one attached hydrogen (secondary N) is 1. The molecule has 25 heavy (non-hydrogen) atoms. The van der Waals surface area contributed by atoms with E-state index in [4.69, 9.17) is 11.6 Å². The number of carbonyl (C=O) groups is 1. The van der Waals surface area contributed by atoms with Crippen LogP contribution >= 0.6 is 11.6 Å². The Morgan fingerprint density at radius 3 is 2.24 bits per heavy atom. The lowest BCUT2D eigenvalue weighted by Gasteiger charge is -2.08. The number of aryl methyl sites for hydroxylation is 1. The Bertz CT molecular complexity index is 802. The highest BCUT2D eigenvalue weighted by molar-refractivity contribution is 7.88. The standard InChI is InChI=1S/C18H20ClNO4S/c1-24-18(21)16-8-4-15(5-9-16)13-25(22,23)20-12-2-3-14-6-10-17(19)11-7-14/h4-11,20H,2-3,12-13H2,1H3. The predicted molar refractivity (Wildman–Crippen MR) is 98.2 cm³/mol. The summed E-state index contributed by atoms with van der Waals surface area (Å²) in [5.41, 5.74) is 2.11. The van der Waals surface area contributed by atoms with Crippen molar-refractivity contribution in [3.63, 3.8) is 0 Å². The topological polar surface area (TPSA) is 72.5 Å². The van der Waals surface area contributed by atoms with Crippen LogP contribution in [0.4, 0.5) is 0 Å². The predicted octanol–water partition coefficient (Wildman–Crippen LogP) is 3.18. The van der Waals surface area contributed by atoms with Crippen LogP contribution in [0, 0.1) is 0 Å². The quantitative estimate of drug-likeness (QED) is 0.563. The molecule has 0 atom stereocenters. The number of halogens is 1. The first kappa shape index (κ1) is 19.4. The van der Waals surface area contributed by atoms with Gasteiger partial charge in [-0.05, 0) is 48.2 Å². The molecule has 0 radical (unpaired) electrons. The number of sulfonamides is 1. The second kappa shape index (κ2) is 8.99. The van der Waals surface area contributed by atoms with Gasteiger partial charge >= 0.3 is 5.97 Å². The summed E-state index contributed by atoms with van der Waals surface area (Å²) in [6.07, 6.45) is 1.47. The highest BCUT2D eigenvalue weighted by Crippen LogP contribution is 2.11. The Kier molecular flexibility index (Phi) is 6.99. The zero-order chi connectivity index (χ0) is 18.3. The van der Waals surface area contributed by atoms with Gasteiger partial charge in [0.05, 0.1) is 18.4 Å². The highest BCUT2D eigenvalue weighted by Gasteiger charge is 2.12. The van der Waals surface area contributed by atoms with Crippen molar-refractivity contribution < 1.29 is 17.9 Å². The van der Waals surface area contributed by atoms with E-state index in [1.165, 1.54) is 7.11 Å². The third-order valence-corrected chi connectivity index (χ3v) is 5.22. The van der Waals surface area contributed by atoms with Crippen LogP contribution in [0.2, 0.25) is 5.02 Å². The molecule has 0 aliphatic carbocycles. The van der Waals surface area contributed by atoms with Crippen LogP contribution in [-0.2, 0) is 26.9 Å². The molecule has 2 rings (SSSR count). The molecule has 134 valence electrons.